The number of piperazine rings is 1. The molecule has 0 saturated carbocycles. The summed E-state index contributed by atoms with van der Waals surface area (Å²) in [5.41, 5.74) is 1.11. The maximum Gasteiger partial charge on any atom is 0.256 e. The molecular formula is C23H37N5O5S. The molecule has 1 atom stereocenters. The van der Waals surface area contributed by atoms with Gasteiger partial charge in [0, 0.05) is 65.1 Å². The van der Waals surface area contributed by atoms with Crippen LogP contribution in [0.5, 0.6) is 0 Å². The molecule has 2 heterocycles. The van der Waals surface area contributed by atoms with Crippen molar-refractivity contribution >= 4 is 27.5 Å². The molecule has 1 N–H and O–H groups in total. The quantitative estimate of drug-likeness (QED) is 0.559. The van der Waals surface area contributed by atoms with E-state index in [4.69, 9.17) is 4.74 Å². The van der Waals surface area contributed by atoms with E-state index in [9.17, 15) is 18.0 Å². The second-order valence-corrected chi connectivity index (χ2v) is 11.2. The fourth-order valence-electron chi connectivity index (χ4n) is 4.04. The molecule has 2 saturated heterocycles. The first-order chi connectivity index (χ1) is 16.1. The Labute approximate surface area is 202 Å². The molecule has 0 radical (unpaired) electrons. The molecule has 11 heteroatoms. The monoisotopic (exact) mass is 495 g/mol. The van der Waals surface area contributed by atoms with Crippen molar-refractivity contribution in [3.8, 4) is 0 Å². The maximum absolute atomic E-state index is 13.6. The third-order valence-electron chi connectivity index (χ3n) is 6.38. The lowest BCUT2D eigenvalue weighted by atomic mass is 10.1. The molecule has 2 amide bonds. The number of amides is 2. The number of sulfonamides is 1. The molecule has 3 rings (SSSR count). The number of carbonyl (C=O) groups excluding carboxylic acids is 2. The Morgan fingerprint density at radius 2 is 1.74 bits per heavy atom. The van der Waals surface area contributed by atoms with Crippen LogP contribution in [-0.2, 0) is 19.6 Å². The van der Waals surface area contributed by atoms with Gasteiger partial charge in [-0.3, -0.25) is 14.5 Å². The average molecular weight is 496 g/mol. The van der Waals surface area contributed by atoms with Gasteiger partial charge < -0.3 is 19.9 Å². The predicted molar refractivity (Wildman–Crippen MR) is 131 cm³/mol. The van der Waals surface area contributed by atoms with E-state index in [2.05, 4.69) is 10.2 Å². The van der Waals surface area contributed by atoms with E-state index >= 15 is 0 Å². The summed E-state index contributed by atoms with van der Waals surface area (Å²) in [5, 5.41) is 2.97. The Bertz CT molecular complexity index is 970. The van der Waals surface area contributed by atoms with E-state index in [1.54, 1.807) is 17.0 Å². The SMILES string of the molecule is CCC(C)NC(=O)CN1CCN(C(=O)c2cc(S(=O)(=O)N(C)C)ccc2N2CCOCC2)CC1. The van der Waals surface area contributed by atoms with Gasteiger partial charge in [0.05, 0.1) is 30.2 Å². The largest absolute Gasteiger partial charge is 0.378 e. The van der Waals surface area contributed by atoms with Crippen LogP contribution in [0.15, 0.2) is 23.1 Å². The molecule has 0 aliphatic carbocycles. The van der Waals surface area contributed by atoms with Crippen LogP contribution in [0, 0.1) is 0 Å². The zero-order valence-corrected chi connectivity index (χ0v) is 21.4. The van der Waals surface area contributed by atoms with Crippen LogP contribution >= 0.6 is 0 Å². The fourth-order valence-corrected chi connectivity index (χ4v) is 4.97. The van der Waals surface area contributed by atoms with E-state index < -0.39 is 10.0 Å². The number of hydrogen-bond acceptors (Lipinski definition) is 7. The number of hydrogen-bond donors (Lipinski definition) is 1. The lowest BCUT2D eigenvalue weighted by molar-refractivity contribution is -0.123. The number of morpholine rings is 1. The highest BCUT2D eigenvalue weighted by Crippen LogP contribution is 2.28. The van der Waals surface area contributed by atoms with Gasteiger partial charge in [0.25, 0.3) is 5.91 Å². The van der Waals surface area contributed by atoms with Crippen molar-refractivity contribution in [1.82, 2.24) is 19.4 Å². The highest BCUT2D eigenvalue weighted by Gasteiger charge is 2.29. The first-order valence-corrected chi connectivity index (χ1v) is 13.3. The van der Waals surface area contributed by atoms with E-state index in [0.29, 0.717) is 64.6 Å². The standard InChI is InChI=1S/C23H37N5O5S/c1-5-18(2)24-22(29)17-26-8-10-28(11-9-26)23(30)20-16-19(34(31,32)25(3)4)6-7-21(20)27-12-14-33-15-13-27/h6-7,16,18H,5,8-15,17H2,1-4H3,(H,24,29). The van der Waals surface area contributed by atoms with Gasteiger partial charge in [0.2, 0.25) is 15.9 Å². The van der Waals surface area contributed by atoms with Crippen LogP contribution in [0.3, 0.4) is 0 Å². The highest BCUT2D eigenvalue weighted by molar-refractivity contribution is 7.89. The van der Waals surface area contributed by atoms with Crippen molar-refractivity contribution in [2.45, 2.75) is 31.2 Å². The molecule has 2 fully saturated rings. The molecule has 2 aliphatic heterocycles. The van der Waals surface area contributed by atoms with Crippen LogP contribution in [-0.4, -0.2) is 114 Å². The number of ether oxygens (including phenoxy) is 1. The van der Waals surface area contributed by atoms with Crippen molar-refractivity contribution in [2.24, 2.45) is 0 Å². The van der Waals surface area contributed by atoms with E-state index in [-0.39, 0.29) is 22.8 Å². The molecular weight excluding hydrogens is 458 g/mol. The smallest absolute Gasteiger partial charge is 0.256 e. The highest BCUT2D eigenvalue weighted by atomic mass is 32.2. The summed E-state index contributed by atoms with van der Waals surface area (Å²) in [5.74, 6) is -0.202. The molecule has 10 nitrogen and oxygen atoms in total. The van der Waals surface area contributed by atoms with E-state index in [1.165, 1.54) is 20.2 Å². The molecule has 2 aliphatic rings. The Balaban J connectivity index is 1.76. The first kappa shape index (κ1) is 26.4. The molecule has 34 heavy (non-hydrogen) atoms. The van der Waals surface area contributed by atoms with Gasteiger partial charge in [-0.15, -0.1) is 0 Å². The molecule has 0 spiro atoms. The summed E-state index contributed by atoms with van der Waals surface area (Å²) in [7, 11) is -0.728. The third-order valence-corrected chi connectivity index (χ3v) is 8.19. The van der Waals surface area contributed by atoms with Gasteiger partial charge in [-0.2, -0.15) is 0 Å². The van der Waals surface area contributed by atoms with Gasteiger partial charge in [-0.1, -0.05) is 6.92 Å². The third kappa shape index (κ3) is 6.26. The second kappa shape index (κ2) is 11.5. The summed E-state index contributed by atoms with van der Waals surface area (Å²) < 4.78 is 32.1. The van der Waals surface area contributed by atoms with E-state index in [1.807, 2.05) is 18.7 Å². The second-order valence-electron chi connectivity index (χ2n) is 9.01. The number of anilines is 1. The van der Waals surface area contributed by atoms with Crippen LogP contribution in [0.2, 0.25) is 0 Å². The van der Waals surface area contributed by atoms with Crippen LogP contribution in [0.25, 0.3) is 0 Å². The average Bonchev–Trinajstić information content (AvgIpc) is 2.84. The normalized spacial score (nSPS) is 18.7. The summed E-state index contributed by atoms with van der Waals surface area (Å²) in [4.78, 5) is 31.7. The summed E-state index contributed by atoms with van der Waals surface area (Å²) >= 11 is 0. The van der Waals surface area contributed by atoms with Gasteiger partial charge in [-0.25, -0.2) is 12.7 Å². The Kier molecular flexibility index (Phi) is 8.91. The number of nitrogens with zero attached hydrogens (tertiary/aromatic N) is 4. The van der Waals surface area contributed by atoms with Gasteiger partial charge in [0.1, 0.15) is 0 Å². The molecule has 1 aromatic carbocycles. The van der Waals surface area contributed by atoms with Gasteiger partial charge in [0.15, 0.2) is 0 Å². The fraction of sp³-hybridized carbons (Fsp3) is 0.652. The minimum Gasteiger partial charge on any atom is -0.378 e. The molecule has 190 valence electrons. The van der Waals surface area contributed by atoms with E-state index in [0.717, 1.165) is 16.4 Å². The Morgan fingerprint density at radius 1 is 1.09 bits per heavy atom. The molecule has 0 aromatic heterocycles. The van der Waals surface area contributed by atoms with Crippen molar-refractivity contribution in [3.63, 3.8) is 0 Å². The zero-order chi connectivity index (χ0) is 24.9. The van der Waals surface area contributed by atoms with Crippen LogP contribution < -0.4 is 10.2 Å². The van der Waals surface area contributed by atoms with Crippen LogP contribution in [0.1, 0.15) is 30.6 Å². The lowest BCUT2D eigenvalue weighted by Crippen LogP contribution is -2.52. The number of carbonyl (C=O) groups is 2. The van der Waals surface area contributed by atoms with Crippen molar-refractivity contribution in [2.75, 3.05) is 78.0 Å². The minimum absolute atomic E-state index is 0.00896. The lowest BCUT2D eigenvalue weighted by Gasteiger charge is -2.36. The minimum atomic E-state index is -3.68. The molecule has 1 unspecified atom stereocenters. The predicted octanol–water partition coefficient (Wildman–Crippen LogP) is 0.446. The number of rotatable bonds is 8. The van der Waals surface area contributed by atoms with Crippen molar-refractivity contribution in [1.29, 1.82) is 0 Å². The summed E-state index contributed by atoms with van der Waals surface area (Å²) in [6.07, 6.45) is 0.877. The van der Waals surface area contributed by atoms with Gasteiger partial charge in [-0.05, 0) is 31.5 Å². The molecule has 0 bridgehead atoms. The van der Waals surface area contributed by atoms with Crippen molar-refractivity contribution in [3.05, 3.63) is 23.8 Å². The van der Waals surface area contributed by atoms with Crippen LogP contribution in [0.4, 0.5) is 5.69 Å². The maximum atomic E-state index is 13.6. The molecule has 1 aromatic rings. The first-order valence-electron chi connectivity index (χ1n) is 11.8. The van der Waals surface area contributed by atoms with Gasteiger partial charge >= 0.3 is 0 Å². The Hall–Kier alpha value is -2.21. The summed E-state index contributed by atoms with van der Waals surface area (Å²) in [6, 6.07) is 4.92. The summed E-state index contributed by atoms with van der Waals surface area (Å²) in [6.45, 7) is 8.83. The number of nitrogens with one attached hydrogen (secondary N) is 1. The van der Waals surface area contributed by atoms with Crippen molar-refractivity contribution < 1.29 is 22.7 Å². The topological polar surface area (TPSA) is 102 Å². The zero-order valence-electron chi connectivity index (χ0n) is 20.6. The number of benzene rings is 1. The Morgan fingerprint density at radius 3 is 2.32 bits per heavy atom.